The molecule has 0 saturated heterocycles. The fraction of sp³-hybridized carbons (Fsp3) is 0.200. The molecule has 0 aliphatic heterocycles. The van der Waals surface area contributed by atoms with Gasteiger partial charge in [-0.1, -0.05) is 48.5 Å². The van der Waals surface area contributed by atoms with Crippen LogP contribution in [-0.2, 0) is 11.2 Å². The monoisotopic (exact) mass is 402 g/mol. The smallest absolute Gasteiger partial charge is 0.268 e. The third-order valence-electron chi connectivity index (χ3n) is 4.80. The molecule has 1 aromatic heterocycles. The van der Waals surface area contributed by atoms with Crippen molar-refractivity contribution in [2.75, 3.05) is 0 Å². The Hall–Kier alpha value is -3.60. The summed E-state index contributed by atoms with van der Waals surface area (Å²) in [5.41, 5.74) is 2.72. The lowest BCUT2D eigenvalue weighted by Gasteiger charge is -2.16. The average molecular weight is 402 g/mol. The highest BCUT2D eigenvalue weighted by Gasteiger charge is 2.18. The summed E-state index contributed by atoms with van der Waals surface area (Å²) in [6, 6.07) is 20.8. The van der Waals surface area contributed by atoms with E-state index in [1.807, 2.05) is 44.2 Å². The number of hydrogen-bond donors (Lipinski definition) is 2. The minimum absolute atomic E-state index is 0.0620. The van der Waals surface area contributed by atoms with E-state index in [0.717, 1.165) is 18.4 Å². The molecule has 30 heavy (non-hydrogen) atoms. The van der Waals surface area contributed by atoms with Crippen LogP contribution in [0.15, 0.2) is 83.1 Å². The van der Waals surface area contributed by atoms with Crippen LogP contribution in [0.3, 0.4) is 0 Å². The molecule has 0 radical (unpaired) electrons. The van der Waals surface area contributed by atoms with Crippen LogP contribution < -0.4 is 10.6 Å². The Morgan fingerprint density at radius 1 is 1.00 bits per heavy atom. The number of carbonyl (C=O) groups is 2. The third-order valence-corrected chi connectivity index (χ3v) is 4.80. The van der Waals surface area contributed by atoms with Gasteiger partial charge >= 0.3 is 0 Å². The first kappa shape index (κ1) is 21.1. The molecule has 154 valence electrons. The molecule has 2 amide bonds. The van der Waals surface area contributed by atoms with Gasteiger partial charge in [-0.05, 0) is 56.0 Å². The van der Waals surface area contributed by atoms with Gasteiger partial charge in [0.15, 0.2) is 0 Å². The van der Waals surface area contributed by atoms with Gasteiger partial charge in [0, 0.05) is 17.7 Å². The minimum Gasteiger partial charge on any atom is -0.465 e. The van der Waals surface area contributed by atoms with Crippen LogP contribution in [0.4, 0.5) is 0 Å². The quantitative estimate of drug-likeness (QED) is 0.545. The molecule has 5 nitrogen and oxygen atoms in total. The van der Waals surface area contributed by atoms with Crippen molar-refractivity contribution < 1.29 is 14.0 Å². The van der Waals surface area contributed by atoms with Crippen molar-refractivity contribution in [3.05, 3.63) is 101 Å². The minimum atomic E-state index is -0.353. The van der Waals surface area contributed by atoms with E-state index in [-0.39, 0.29) is 23.6 Å². The van der Waals surface area contributed by atoms with E-state index in [2.05, 4.69) is 22.8 Å². The Kier molecular flexibility index (Phi) is 7.22. The number of aryl methyl sites for hydroxylation is 2. The molecular formula is C25H26N2O3. The van der Waals surface area contributed by atoms with E-state index >= 15 is 0 Å². The van der Waals surface area contributed by atoms with Crippen LogP contribution in [0.5, 0.6) is 0 Å². The highest BCUT2D eigenvalue weighted by Crippen LogP contribution is 2.11. The van der Waals surface area contributed by atoms with Crippen molar-refractivity contribution in [2.45, 2.75) is 32.7 Å². The molecule has 2 aromatic carbocycles. The Morgan fingerprint density at radius 3 is 2.43 bits per heavy atom. The lowest BCUT2D eigenvalue weighted by atomic mass is 10.1. The predicted molar refractivity (Wildman–Crippen MR) is 118 cm³/mol. The molecule has 2 N–H and O–H groups in total. The number of rotatable bonds is 8. The van der Waals surface area contributed by atoms with Crippen LogP contribution in [0.1, 0.15) is 40.6 Å². The zero-order chi connectivity index (χ0) is 21.3. The second kappa shape index (κ2) is 10.3. The zero-order valence-electron chi connectivity index (χ0n) is 17.2. The first-order valence-corrected chi connectivity index (χ1v) is 10.00. The largest absolute Gasteiger partial charge is 0.465 e. The summed E-state index contributed by atoms with van der Waals surface area (Å²) in [5.74, 6) is -0.200. The second-order valence-electron chi connectivity index (χ2n) is 7.24. The van der Waals surface area contributed by atoms with E-state index < -0.39 is 0 Å². The van der Waals surface area contributed by atoms with Crippen molar-refractivity contribution in [1.29, 1.82) is 0 Å². The fourth-order valence-electron chi connectivity index (χ4n) is 3.09. The van der Waals surface area contributed by atoms with Crippen LogP contribution in [-0.4, -0.2) is 17.9 Å². The maximum absolute atomic E-state index is 12.9. The van der Waals surface area contributed by atoms with E-state index in [0.29, 0.717) is 11.3 Å². The van der Waals surface area contributed by atoms with Gasteiger partial charge in [0.2, 0.25) is 0 Å². The Labute approximate surface area is 176 Å². The maximum atomic E-state index is 12.9. The van der Waals surface area contributed by atoms with Gasteiger partial charge in [0.05, 0.1) is 6.26 Å². The molecule has 0 fully saturated rings. The molecule has 0 spiro atoms. The molecule has 0 aliphatic carbocycles. The molecule has 3 rings (SSSR count). The van der Waals surface area contributed by atoms with Crippen molar-refractivity contribution in [2.24, 2.45) is 0 Å². The van der Waals surface area contributed by atoms with E-state index in [4.69, 9.17) is 4.42 Å². The van der Waals surface area contributed by atoms with E-state index in [1.165, 1.54) is 17.9 Å². The van der Waals surface area contributed by atoms with Crippen LogP contribution >= 0.6 is 0 Å². The lowest BCUT2D eigenvalue weighted by Crippen LogP contribution is -2.39. The van der Waals surface area contributed by atoms with Crippen molar-refractivity contribution in [3.63, 3.8) is 0 Å². The first-order valence-electron chi connectivity index (χ1n) is 10.00. The predicted octanol–water partition coefficient (Wildman–Crippen LogP) is 4.50. The fourth-order valence-corrected chi connectivity index (χ4v) is 3.09. The summed E-state index contributed by atoms with van der Waals surface area (Å²) in [6.07, 6.45) is 4.70. The lowest BCUT2D eigenvalue weighted by molar-refractivity contribution is -0.118. The molecule has 0 aliphatic rings. The summed E-state index contributed by atoms with van der Waals surface area (Å²) < 4.78 is 5.33. The summed E-state index contributed by atoms with van der Waals surface area (Å²) in [6.45, 7) is 3.81. The Bertz CT molecular complexity index is 1010. The molecule has 1 atom stereocenters. The normalized spacial score (nSPS) is 12.3. The van der Waals surface area contributed by atoms with Crippen molar-refractivity contribution >= 4 is 17.9 Å². The van der Waals surface area contributed by atoms with E-state index in [9.17, 15) is 9.59 Å². The average Bonchev–Trinajstić information content (AvgIpc) is 3.26. The van der Waals surface area contributed by atoms with E-state index in [1.54, 1.807) is 24.3 Å². The molecule has 1 heterocycles. The van der Waals surface area contributed by atoms with Gasteiger partial charge in [-0.15, -0.1) is 0 Å². The zero-order valence-corrected chi connectivity index (χ0v) is 17.2. The summed E-state index contributed by atoms with van der Waals surface area (Å²) in [5, 5.41) is 5.71. The Morgan fingerprint density at radius 2 is 1.73 bits per heavy atom. The van der Waals surface area contributed by atoms with Crippen molar-refractivity contribution in [3.8, 4) is 0 Å². The first-order chi connectivity index (χ1) is 14.5. The number of furan rings is 1. The number of nitrogens with one attached hydrogen (secondary N) is 2. The SMILES string of the molecule is Cc1ccccc1C(=O)N/C(=C\c1ccco1)C(=O)N[C@@H](C)CCc1ccccc1. The molecule has 0 saturated carbocycles. The van der Waals surface area contributed by atoms with Crippen molar-refractivity contribution in [1.82, 2.24) is 10.6 Å². The molecule has 3 aromatic rings. The maximum Gasteiger partial charge on any atom is 0.268 e. The highest BCUT2D eigenvalue weighted by molar-refractivity contribution is 6.05. The van der Waals surface area contributed by atoms with Gasteiger partial charge in [-0.25, -0.2) is 0 Å². The molecule has 5 heteroatoms. The van der Waals surface area contributed by atoms with Gasteiger partial charge in [0.25, 0.3) is 11.8 Å². The van der Waals surface area contributed by atoms with Gasteiger partial charge in [-0.3, -0.25) is 9.59 Å². The van der Waals surface area contributed by atoms with Gasteiger partial charge in [0.1, 0.15) is 11.5 Å². The third kappa shape index (κ3) is 5.95. The standard InChI is InChI=1S/C25H26N2O3/c1-18-9-6-7-13-22(18)24(28)27-23(17-21-12-8-16-30-21)25(29)26-19(2)14-15-20-10-4-3-5-11-20/h3-13,16-17,19H,14-15H2,1-2H3,(H,26,29)(H,27,28)/b23-17-/t19-/m0/s1. The highest BCUT2D eigenvalue weighted by atomic mass is 16.3. The van der Waals surface area contributed by atoms with Crippen LogP contribution in [0.25, 0.3) is 6.08 Å². The van der Waals surface area contributed by atoms with Gasteiger partial charge in [-0.2, -0.15) is 0 Å². The number of benzene rings is 2. The molecule has 0 bridgehead atoms. The summed E-state index contributed by atoms with van der Waals surface area (Å²) >= 11 is 0. The molecular weight excluding hydrogens is 376 g/mol. The topological polar surface area (TPSA) is 71.3 Å². The van der Waals surface area contributed by atoms with Crippen LogP contribution in [0.2, 0.25) is 0 Å². The summed E-state index contributed by atoms with van der Waals surface area (Å²) in [4.78, 5) is 25.6. The number of hydrogen-bond acceptors (Lipinski definition) is 3. The summed E-state index contributed by atoms with van der Waals surface area (Å²) in [7, 11) is 0. The molecule has 0 unspecified atom stereocenters. The second-order valence-corrected chi connectivity index (χ2v) is 7.24. The number of carbonyl (C=O) groups excluding carboxylic acids is 2. The van der Waals surface area contributed by atoms with Crippen LogP contribution in [0, 0.1) is 6.92 Å². The Balaban J connectivity index is 1.69. The number of amides is 2. The van der Waals surface area contributed by atoms with Gasteiger partial charge < -0.3 is 15.1 Å².